The summed E-state index contributed by atoms with van der Waals surface area (Å²) >= 11 is 11.9. The zero-order valence-corrected chi connectivity index (χ0v) is 17.7. The van der Waals surface area contributed by atoms with Crippen LogP contribution in [0.2, 0.25) is 10.0 Å². The van der Waals surface area contributed by atoms with E-state index < -0.39 is 10.0 Å². The van der Waals surface area contributed by atoms with Crippen LogP contribution in [-0.2, 0) is 10.0 Å². The maximum atomic E-state index is 12.6. The fraction of sp³-hybridized carbons (Fsp3) is 0.200. The van der Waals surface area contributed by atoms with E-state index in [1.54, 1.807) is 24.3 Å². The SMILES string of the molecule is O=S(=O)(Nc1ccc(-c2ccc(N3CCCC3)nn2)cc1)c1cc(Cl)ccc1Cl. The van der Waals surface area contributed by atoms with Crippen LogP contribution in [0, 0.1) is 0 Å². The second kappa shape index (κ2) is 8.18. The average molecular weight is 449 g/mol. The number of aromatic nitrogens is 2. The Labute approximate surface area is 179 Å². The molecule has 1 saturated heterocycles. The van der Waals surface area contributed by atoms with Crippen LogP contribution in [0.25, 0.3) is 11.3 Å². The molecular weight excluding hydrogens is 431 g/mol. The third-order valence-corrected chi connectivity index (χ3v) is 6.79. The lowest BCUT2D eigenvalue weighted by atomic mass is 10.1. The Morgan fingerprint density at radius 2 is 1.62 bits per heavy atom. The van der Waals surface area contributed by atoms with Gasteiger partial charge in [0.25, 0.3) is 10.0 Å². The van der Waals surface area contributed by atoms with Gasteiger partial charge >= 0.3 is 0 Å². The molecule has 0 aliphatic carbocycles. The van der Waals surface area contributed by atoms with Crippen molar-refractivity contribution in [2.24, 2.45) is 0 Å². The van der Waals surface area contributed by atoms with Crippen LogP contribution in [0.4, 0.5) is 11.5 Å². The Balaban J connectivity index is 1.51. The zero-order chi connectivity index (χ0) is 20.4. The van der Waals surface area contributed by atoms with Crippen LogP contribution in [0.15, 0.2) is 59.5 Å². The molecule has 2 aromatic carbocycles. The Morgan fingerprint density at radius 1 is 0.897 bits per heavy atom. The summed E-state index contributed by atoms with van der Waals surface area (Å²) in [5.74, 6) is 0.883. The molecule has 0 saturated carbocycles. The van der Waals surface area contributed by atoms with Gasteiger partial charge in [0.2, 0.25) is 0 Å². The fourth-order valence-corrected chi connectivity index (χ4v) is 5.02. The van der Waals surface area contributed by atoms with Crippen LogP contribution in [0.1, 0.15) is 12.8 Å². The Hall–Kier alpha value is -2.35. The second-order valence-corrected chi connectivity index (χ2v) is 9.22. The number of rotatable bonds is 5. The van der Waals surface area contributed by atoms with Crippen molar-refractivity contribution in [3.05, 3.63) is 64.6 Å². The van der Waals surface area contributed by atoms with E-state index in [0.29, 0.717) is 10.7 Å². The van der Waals surface area contributed by atoms with Gasteiger partial charge in [-0.05, 0) is 55.3 Å². The molecule has 1 aliphatic heterocycles. The van der Waals surface area contributed by atoms with Gasteiger partial charge in [-0.2, -0.15) is 0 Å². The molecule has 150 valence electrons. The highest BCUT2D eigenvalue weighted by atomic mass is 35.5. The van der Waals surface area contributed by atoms with Gasteiger partial charge in [0.15, 0.2) is 5.82 Å². The van der Waals surface area contributed by atoms with E-state index in [9.17, 15) is 8.42 Å². The van der Waals surface area contributed by atoms with E-state index in [2.05, 4.69) is 19.8 Å². The molecular formula is C20H18Cl2N4O2S. The lowest BCUT2D eigenvalue weighted by molar-refractivity contribution is 0.601. The van der Waals surface area contributed by atoms with Crippen LogP contribution in [0.3, 0.4) is 0 Å². The molecule has 1 N–H and O–H groups in total. The fourth-order valence-electron chi connectivity index (χ4n) is 3.20. The standard InChI is InChI=1S/C20H18Cl2N4O2S/c21-15-5-8-17(22)19(13-15)29(27,28)25-16-6-3-14(4-7-16)18-9-10-20(24-23-18)26-11-1-2-12-26/h3-10,13,25H,1-2,11-12H2. The number of sulfonamides is 1. The van der Waals surface area contributed by atoms with Crippen molar-refractivity contribution < 1.29 is 8.42 Å². The van der Waals surface area contributed by atoms with Crippen LogP contribution in [0.5, 0.6) is 0 Å². The van der Waals surface area contributed by atoms with E-state index in [-0.39, 0.29) is 9.92 Å². The van der Waals surface area contributed by atoms with E-state index in [4.69, 9.17) is 23.2 Å². The molecule has 0 spiro atoms. The molecule has 29 heavy (non-hydrogen) atoms. The number of nitrogens with one attached hydrogen (secondary N) is 1. The van der Waals surface area contributed by atoms with Gasteiger partial charge in [-0.25, -0.2) is 8.42 Å². The van der Waals surface area contributed by atoms with Crippen LogP contribution >= 0.6 is 23.2 Å². The predicted molar refractivity (Wildman–Crippen MR) is 116 cm³/mol. The second-order valence-electron chi connectivity index (χ2n) is 6.73. The monoisotopic (exact) mass is 448 g/mol. The summed E-state index contributed by atoms with van der Waals surface area (Å²) in [4.78, 5) is 2.15. The minimum absolute atomic E-state index is 0.0703. The van der Waals surface area contributed by atoms with Crippen molar-refractivity contribution in [1.82, 2.24) is 10.2 Å². The molecule has 0 bridgehead atoms. The molecule has 1 aromatic heterocycles. The molecule has 3 aromatic rings. The zero-order valence-electron chi connectivity index (χ0n) is 15.3. The number of hydrogen-bond acceptors (Lipinski definition) is 5. The summed E-state index contributed by atoms with van der Waals surface area (Å²) in [5.41, 5.74) is 1.97. The predicted octanol–water partition coefficient (Wildman–Crippen LogP) is 4.85. The maximum Gasteiger partial charge on any atom is 0.263 e. The van der Waals surface area contributed by atoms with Gasteiger partial charge < -0.3 is 4.90 Å². The van der Waals surface area contributed by atoms with Crippen molar-refractivity contribution in [3.63, 3.8) is 0 Å². The van der Waals surface area contributed by atoms with Crippen molar-refractivity contribution in [1.29, 1.82) is 0 Å². The smallest absolute Gasteiger partial charge is 0.263 e. The number of hydrogen-bond donors (Lipinski definition) is 1. The van der Waals surface area contributed by atoms with E-state index >= 15 is 0 Å². The largest absolute Gasteiger partial charge is 0.355 e. The van der Waals surface area contributed by atoms with Gasteiger partial charge in [-0.3, -0.25) is 4.72 Å². The maximum absolute atomic E-state index is 12.6. The van der Waals surface area contributed by atoms with E-state index in [1.165, 1.54) is 31.0 Å². The lowest BCUT2D eigenvalue weighted by Crippen LogP contribution is -2.19. The van der Waals surface area contributed by atoms with Gasteiger partial charge in [-0.1, -0.05) is 35.3 Å². The average Bonchev–Trinajstić information content (AvgIpc) is 3.25. The third-order valence-electron chi connectivity index (χ3n) is 4.70. The van der Waals surface area contributed by atoms with Gasteiger partial charge in [0.05, 0.1) is 10.7 Å². The van der Waals surface area contributed by atoms with E-state index in [1.807, 2.05) is 12.1 Å². The Bertz CT molecular complexity index is 1110. The topological polar surface area (TPSA) is 75.2 Å². The summed E-state index contributed by atoms with van der Waals surface area (Å²) in [6.07, 6.45) is 2.36. The Kier molecular flexibility index (Phi) is 5.63. The highest BCUT2D eigenvalue weighted by Crippen LogP contribution is 2.28. The number of halogens is 2. The quantitative estimate of drug-likeness (QED) is 0.603. The number of anilines is 2. The van der Waals surface area contributed by atoms with Crippen molar-refractivity contribution in [2.75, 3.05) is 22.7 Å². The van der Waals surface area contributed by atoms with Crippen molar-refractivity contribution in [3.8, 4) is 11.3 Å². The molecule has 1 aliphatic rings. The summed E-state index contributed by atoms with van der Waals surface area (Å²) < 4.78 is 27.7. The minimum atomic E-state index is -3.86. The molecule has 9 heteroatoms. The first-order valence-electron chi connectivity index (χ1n) is 9.09. The number of nitrogens with zero attached hydrogens (tertiary/aromatic N) is 3. The van der Waals surface area contributed by atoms with E-state index in [0.717, 1.165) is 30.2 Å². The number of benzene rings is 2. The normalized spacial score (nSPS) is 14.2. The summed E-state index contributed by atoms with van der Waals surface area (Å²) in [7, 11) is -3.86. The summed E-state index contributed by atoms with van der Waals surface area (Å²) in [6.45, 7) is 2.03. The molecule has 0 atom stereocenters. The molecule has 2 heterocycles. The molecule has 0 radical (unpaired) electrons. The third kappa shape index (κ3) is 4.47. The molecule has 6 nitrogen and oxygen atoms in total. The van der Waals surface area contributed by atoms with Crippen molar-refractivity contribution >= 4 is 44.7 Å². The highest BCUT2D eigenvalue weighted by molar-refractivity contribution is 7.92. The first-order chi connectivity index (χ1) is 13.9. The molecule has 0 unspecified atom stereocenters. The summed E-state index contributed by atoms with van der Waals surface area (Å²) in [5, 5.41) is 9.01. The van der Waals surface area contributed by atoms with Crippen molar-refractivity contribution in [2.45, 2.75) is 17.7 Å². The van der Waals surface area contributed by atoms with Crippen LogP contribution in [-0.4, -0.2) is 31.7 Å². The minimum Gasteiger partial charge on any atom is -0.355 e. The first kappa shape index (κ1) is 19.9. The van der Waals surface area contributed by atoms with Gasteiger partial charge in [0, 0.05) is 29.4 Å². The highest BCUT2D eigenvalue weighted by Gasteiger charge is 2.19. The first-order valence-corrected chi connectivity index (χ1v) is 11.3. The molecule has 0 amide bonds. The summed E-state index contributed by atoms with van der Waals surface area (Å²) in [6, 6.07) is 15.1. The van der Waals surface area contributed by atoms with Gasteiger partial charge in [0.1, 0.15) is 4.90 Å². The molecule has 1 fully saturated rings. The lowest BCUT2D eigenvalue weighted by Gasteiger charge is -2.15. The van der Waals surface area contributed by atoms with Gasteiger partial charge in [-0.15, -0.1) is 10.2 Å². The molecule has 4 rings (SSSR count). The Morgan fingerprint density at radius 3 is 2.28 bits per heavy atom. The van der Waals surface area contributed by atoms with Crippen LogP contribution < -0.4 is 9.62 Å².